The lowest BCUT2D eigenvalue weighted by molar-refractivity contribution is -0.124. The maximum absolute atomic E-state index is 12.2. The Labute approximate surface area is 113 Å². The fraction of sp³-hybridized carbons (Fsp3) is 0.786. The van der Waals surface area contributed by atoms with Gasteiger partial charge in [0.15, 0.2) is 0 Å². The smallest absolute Gasteiger partial charge is 0.269 e. The summed E-state index contributed by atoms with van der Waals surface area (Å²) in [4.78, 5) is 25.1. The summed E-state index contributed by atoms with van der Waals surface area (Å²) >= 11 is 0. The highest BCUT2D eigenvalue weighted by Crippen LogP contribution is 2.48. The molecule has 1 heterocycles. The summed E-state index contributed by atoms with van der Waals surface area (Å²) in [6, 6.07) is 0. The van der Waals surface area contributed by atoms with Gasteiger partial charge in [0.1, 0.15) is 5.71 Å². The second-order valence-corrected chi connectivity index (χ2v) is 6.21. The predicted octanol–water partition coefficient (Wildman–Crippen LogP) is 1.15. The van der Waals surface area contributed by atoms with Crippen LogP contribution in [0.25, 0.3) is 0 Å². The van der Waals surface area contributed by atoms with Crippen molar-refractivity contribution < 1.29 is 9.59 Å². The largest absolute Gasteiger partial charge is 0.340 e. The van der Waals surface area contributed by atoms with Gasteiger partial charge in [0.05, 0.1) is 0 Å². The molecule has 3 atom stereocenters. The molecule has 5 heteroatoms. The number of hydrogen-bond acceptors (Lipinski definition) is 3. The van der Waals surface area contributed by atoms with Crippen LogP contribution in [0, 0.1) is 17.8 Å². The van der Waals surface area contributed by atoms with Crippen molar-refractivity contribution in [2.24, 2.45) is 22.9 Å². The molecular formula is C14H21N3O2. The van der Waals surface area contributed by atoms with Crippen molar-refractivity contribution in [3.8, 4) is 0 Å². The van der Waals surface area contributed by atoms with Gasteiger partial charge in [-0.2, -0.15) is 5.10 Å². The molecule has 3 unspecified atom stereocenters. The zero-order valence-electron chi connectivity index (χ0n) is 11.4. The van der Waals surface area contributed by atoms with Gasteiger partial charge in [0, 0.05) is 26.4 Å². The number of carbonyl (C=O) groups is 2. The topological polar surface area (TPSA) is 61.8 Å². The number of hydrazone groups is 1. The van der Waals surface area contributed by atoms with Gasteiger partial charge < -0.3 is 4.90 Å². The summed E-state index contributed by atoms with van der Waals surface area (Å²) in [6.07, 6.45) is 6.21. The van der Waals surface area contributed by atoms with E-state index in [2.05, 4.69) is 10.5 Å². The van der Waals surface area contributed by atoms with Crippen molar-refractivity contribution in [3.05, 3.63) is 0 Å². The van der Waals surface area contributed by atoms with Gasteiger partial charge in [-0.1, -0.05) is 6.42 Å². The first-order valence-electron chi connectivity index (χ1n) is 7.24. The number of rotatable bonds is 3. The van der Waals surface area contributed by atoms with Gasteiger partial charge in [0.25, 0.3) is 5.91 Å². The Morgan fingerprint density at radius 1 is 1.37 bits per heavy atom. The SMILES string of the molecule is CN(CC1CC2CCC1C2)C(=O)C1=NNC(=O)CC1. The maximum Gasteiger partial charge on any atom is 0.269 e. The van der Waals surface area contributed by atoms with E-state index in [-0.39, 0.29) is 11.8 Å². The highest BCUT2D eigenvalue weighted by molar-refractivity contribution is 6.39. The molecule has 0 saturated heterocycles. The van der Waals surface area contributed by atoms with Crippen LogP contribution < -0.4 is 5.43 Å². The van der Waals surface area contributed by atoms with Gasteiger partial charge in [-0.25, -0.2) is 5.43 Å². The molecule has 3 aliphatic rings. The molecule has 19 heavy (non-hydrogen) atoms. The van der Waals surface area contributed by atoms with Crippen molar-refractivity contribution in [1.82, 2.24) is 10.3 Å². The molecule has 0 aromatic carbocycles. The van der Waals surface area contributed by atoms with Crippen LogP contribution in [-0.2, 0) is 9.59 Å². The van der Waals surface area contributed by atoms with Gasteiger partial charge in [-0.05, 0) is 37.0 Å². The summed E-state index contributed by atoms with van der Waals surface area (Å²) in [5.74, 6) is 2.28. The highest BCUT2D eigenvalue weighted by Gasteiger charge is 2.40. The number of fused-ring (bicyclic) bond motifs is 2. The van der Waals surface area contributed by atoms with Gasteiger partial charge in [-0.15, -0.1) is 0 Å². The first kappa shape index (κ1) is 12.6. The molecule has 0 aromatic rings. The molecular weight excluding hydrogens is 242 g/mol. The third-order valence-corrected chi connectivity index (χ3v) is 4.89. The predicted molar refractivity (Wildman–Crippen MR) is 71.4 cm³/mol. The molecule has 0 aromatic heterocycles. The fourth-order valence-corrected chi connectivity index (χ4v) is 3.88. The van der Waals surface area contributed by atoms with Crippen LogP contribution >= 0.6 is 0 Å². The Bertz CT molecular complexity index is 432. The summed E-state index contributed by atoms with van der Waals surface area (Å²) in [7, 11) is 1.85. The minimum absolute atomic E-state index is 0.0252. The number of nitrogens with zero attached hydrogens (tertiary/aromatic N) is 2. The van der Waals surface area contributed by atoms with E-state index in [1.54, 1.807) is 4.90 Å². The molecule has 1 N–H and O–H groups in total. The number of carbonyl (C=O) groups excluding carboxylic acids is 2. The molecule has 0 radical (unpaired) electrons. The van der Waals surface area contributed by atoms with E-state index < -0.39 is 0 Å². The van der Waals surface area contributed by atoms with Crippen LogP contribution in [0.3, 0.4) is 0 Å². The van der Waals surface area contributed by atoms with E-state index in [1.807, 2.05) is 7.05 Å². The molecule has 2 aliphatic carbocycles. The van der Waals surface area contributed by atoms with Crippen molar-refractivity contribution in [3.63, 3.8) is 0 Å². The van der Waals surface area contributed by atoms with E-state index >= 15 is 0 Å². The van der Waals surface area contributed by atoms with Crippen LogP contribution in [0.2, 0.25) is 0 Å². The molecule has 2 amide bonds. The second kappa shape index (κ2) is 4.94. The Balaban J connectivity index is 1.56. The third kappa shape index (κ3) is 2.51. The van der Waals surface area contributed by atoms with Crippen LogP contribution in [0.15, 0.2) is 5.10 Å². The monoisotopic (exact) mass is 263 g/mol. The summed E-state index contributed by atoms with van der Waals surface area (Å²) in [5.41, 5.74) is 2.88. The van der Waals surface area contributed by atoms with Crippen molar-refractivity contribution in [1.29, 1.82) is 0 Å². The first-order valence-corrected chi connectivity index (χ1v) is 7.24. The third-order valence-electron chi connectivity index (χ3n) is 4.89. The zero-order chi connectivity index (χ0) is 13.4. The lowest BCUT2D eigenvalue weighted by atomic mass is 9.88. The highest BCUT2D eigenvalue weighted by atomic mass is 16.2. The Morgan fingerprint density at radius 2 is 2.21 bits per heavy atom. The summed E-state index contributed by atoms with van der Waals surface area (Å²) in [5, 5.41) is 3.88. The standard InChI is InChI=1S/C14H21N3O2/c1-17(8-11-7-9-2-3-10(11)6-9)14(19)12-4-5-13(18)16-15-12/h9-11H,2-8H2,1H3,(H,16,18). The van der Waals surface area contributed by atoms with Crippen LogP contribution in [0.5, 0.6) is 0 Å². The average molecular weight is 263 g/mol. The van der Waals surface area contributed by atoms with Crippen LogP contribution in [0.1, 0.15) is 38.5 Å². The quantitative estimate of drug-likeness (QED) is 0.830. The van der Waals surface area contributed by atoms with Crippen LogP contribution in [-0.4, -0.2) is 36.0 Å². The second-order valence-electron chi connectivity index (χ2n) is 6.21. The summed E-state index contributed by atoms with van der Waals surface area (Å²) in [6.45, 7) is 0.840. The number of hydrogen-bond donors (Lipinski definition) is 1. The van der Waals surface area contributed by atoms with Crippen molar-refractivity contribution >= 4 is 17.5 Å². The molecule has 1 aliphatic heterocycles. The van der Waals surface area contributed by atoms with Gasteiger partial charge >= 0.3 is 0 Å². The minimum atomic E-state index is -0.104. The lowest BCUT2D eigenvalue weighted by Crippen LogP contribution is -2.40. The van der Waals surface area contributed by atoms with E-state index in [4.69, 9.17) is 0 Å². The van der Waals surface area contributed by atoms with Crippen LogP contribution in [0.4, 0.5) is 0 Å². The molecule has 0 spiro atoms. The number of nitrogens with one attached hydrogen (secondary N) is 1. The minimum Gasteiger partial charge on any atom is -0.340 e. The van der Waals surface area contributed by atoms with E-state index in [9.17, 15) is 9.59 Å². The lowest BCUT2D eigenvalue weighted by Gasteiger charge is -2.27. The molecule has 2 saturated carbocycles. The Kier molecular flexibility index (Phi) is 3.29. The fourth-order valence-electron chi connectivity index (χ4n) is 3.88. The van der Waals surface area contributed by atoms with Gasteiger partial charge in [0.2, 0.25) is 5.91 Å². The summed E-state index contributed by atoms with van der Waals surface area (Å²) < 4.78 is 0. The van der Waals surface area contributed by atoms with Gasteiger partial charge in [-0.3, -0.25) is 9.59 Å². The number of amides is 2. The molecule has 104 valence electrons. The van der Waals surface area contributed by atoms with Crippen molar-refractivity contribution in [2.75, 3.05) is 13.6 Å². The van der Waals surface area contributed by atoms with E-state index in [0.29, 0.717) is 24.5 Å². The molecule has 5 nitrogen and oxygen atoms in total. The van der Waals surface area contributed by atoms with E-state index in [0.717, 1.165) is 18.4 Å². The molecule has 3 rings (SSSR count). The average Bonchev–Trinajstić information content (AvgIpc) is 3.01. The van der Waals surface area contributed by atoms with E-state index in [1.165, 1.54) is 25.7 Å². The first-order chi connectivity index (χ1) is 9.13. The zero-order valence-corrected chi connectivity index (χ0v) is 11.4. The Morgan fingerprint density at radius 3 is 2.79 bits per heavy atom. The molecule has 2 fully saturated rings. The van der Waals surface area contributed by atoms with Crippen molar-refractivity contribution in [2.45, 2.75) is 38.5 Å². The molecule has 2 bridgehead atoms. The normalized spacial score (nSPS) is 33.0. The Hall–Kier alpha value is -1.39. The maximum atomic E-state index is 12.2.